The van der Waals surface area contributed by atoms with Crippen molar-refractivity contribution in [2.75, 3.05) is 11.9 Å². The molecule has 1 atom stereocenters. The van der Waals surface area contributed by atoms with Crippen LogP contribution < -0.4 is 10.1 Å². The zero-order valence-electron chi connectivity index (χ0n) is 17.2. The van der Waals surface area contributed by atoms with Gasteiger partial charge >= 0.3 is 5.97 Å². The van der Waals surface area contributed by atoms with Crippen molar-refractivity contribution in [3.05, 3.63) is 76.0 Å². The topological polar surface area (TPSA) is 91.2 Å². The summed E-state index contributed by atoms with van der Waals surface area (Å²) in [6.45, 7) is 4.42. The predicted octanol–water partition coefficient (Wildman–Crippen LogP) is 4.15. The minimum Gasteiger partial charge on any atom is -0.489 e. The first kappa shape index (κ1) is 20.9. The summed E-state index contributed by atoms with van der Waals surface area (Å²) >= 11 is 6.23. The van der Waals surface area contributed by atoms with Gasteiger partial charge in [-0.3, -0.25) is 0 Å². The number of allylic oxidation sites excluding steroid dienone is 1. The summed E-state index contributed by atoms with van der Waals surface area (Å²) in [5, 5.41) is 15.6. The average molecular weight is 440 g/mol. The van der Waals surface area contributed by atoms with Crippen LogP contribution in [0.15, 0.2) is 59.8 Å². The van der Waals surface area contributed by atoms with Crippen LogP contribution in [0.2, 0.25) is 5.02 Å². The van der Waals surface area contributed by atoms with Crippen LogP contribution in [0.1, 0.15) is 37.4 Å². The summed E-state index contributed by atoms with van der Waals surface area (Å²) in [5.74, 6) is 0.696. The molecule has 31 heavy (non-hydrogen) atoms. The zero-order chi connectivity index (χ0) is 21.8. The van der Waals surface area contributed by atoms with E-state index in [2.05, 4.69) is 20.8 Å². The van der Waals surface area contributed by atoms with E-state index in [-0.39, 0.29) is 0 Å². The van der Waals surface area contributed by atoms with Crippen molar-refractivity contribution in [1.82, 2.24) is 20.2 Å². The van der Waals surface area contributed by atoms with Crippen LogP contribution in [-0.4, -0.2) is 32.8 Å². The van der Waals surface area contributed by atoms with Crippen LogP contribution in [0.3, 0.4) is 0 Å². The molecule has 3 aromatic rings. The van der Waals surface area contributed by atoms with Gasteiger partial charge in [0.15, 0.2) is 0 Å². The van der Waals surface area contributed by atoms with Crippen molar-refractivity contribution in [3.8, 4) is 5.75 Å². The summed E-state index contributed by atoms with van der Waals surface area (Å²) in [4.78, 5) is 12.9. The lowest BCUT2D eigenvalue weighted by molar-refractivity contribution is -0.139. The molecule has 0 saturated heterocycles. The quantitative estimate of drug-likeness (QED) is 0.553. The number of hydrogen-bond donors (Lipinski definition) is 1. The molecule has 4 rings (SSSR count). The lowest BCUT2D eigenvalue weighted by atomic mass is 9.95. The molecule has 0 spiro atoms. The number of halogens is 1. The van der Waals surface area contributed by atoms with E-state index in [9.17, 15) is 4.79 Å². The monoisotopic (exact) mass is 439 g/mol. The minimum absolute atomic E-state index is 0.325. The molecule has 2 heterocycles. The predicted molar refractivity (Wildman–Crippen MR) is 116 cm³/mol. The molecule has 0 saturated carbocycles. The fourth-order valence-electron chi connectivity index (χ4n) is 3.41. The Kier molecular flexibility index (Phi) is 6.18. The molecule has 0 bridgehead atoms. The summed E-state index contributed by atoms with van der Waals surface area (Å²) in [7, 11) is 0. The smallest absolute Gasteiger partial charge is 0.338 e. The van der Waals surface area contributed by atoms with Crippen LogP contribution in [-0.2, 0) is 16.1 Å². The average Bonchev–Trinajstić information content (AvgIpc) is 3.24. The summed E-state index contributed by atoms with van der Waals surface area (Å²) in [6, 6.07) is 14.5. The maximum absolute atomic E-state index is 12.9. The highest BCUT2D eigenvalue weighted by molar-refractivity contribution is 6.31. The Balaban J connectivity index is 1.65. The number of nitrogens with zero attached hydrogens (tertiary/aromatic N) is 4. The fourth-order valence-corrected chi connectivity index (χ4v) is 3.60. The molecule has 0 fully saturated rings. The van der Waals surface area contributed by atoms with Crippen LogP contribution in [0, 0.1) is 0 Å². The summed E-state index contributed by atoms with van der Waals surface area (Å²) in [5.41, 5.74) is 2.79. The van der Waals surface area contributed by atoms with Crippen molar-refractivity contribution in [2.45, 2.75) is 32.9 Å². The van der Waals surface area contributed by atoms with E-state index in [1.54, 1.807) is 4.68 Å². The van der Waals surface area contributed by atoms with Crippen molar-refractivity contribution in [3.63, 3.8) is 0 Å². The number of nitrogens with one attached hydrogen (secondary N) is 1. The van der Waals surface area contributed by atoms with Gasteiger partial charge in [-0.1, -0.05) is 54.0 Å². The van der Waals surface area contributed by atoms with E-state index in [4.69, 9.17) is 21.1 Å². The molecule has 0 amide bonds. The maximum Gasteiger partial charge on any atom is 0.338 e. The fraction of sp³-hybridized carbons (Fsp3) is 0.273. The summed E-state index contributed by atoms with van der Waals surface area (Å²) in [6.07, 6.45) is 0.734. The Morgan fingerprint density at radius 2 is 2.06 bits per heavy atom. The minimum atomic E-state index is -0.542. The number of tetrazole rings is 1. The zero-order valence-corrected chi connectivity index (χ0v) is 18.0. The van der Waals surface area contributed by atoms with Crippen molar-refractivity contribution in [1.29, 1.82) is 0 Å². The number of aromatic nitrogens is 4. The Morgan fingerprint density at radius 1 is 1.23 bits per heavy atom. The van der Waals surface area contributed by atoms with Crippen LogP contribution >= 0.6 is 11.6 Å². The largest absolute Gasteiger partial charge is 0.489 e. The van der Waals surface area contributed by atoms with Gasteiger partial charge in [0.2, 0.25) is 5.95 Å². The van der Waals surface area contributed by atoms with E-state index < -0.39 is 12.0 Å². The number of esters is 1. The van der Waals surface area contributed by atoms with Crippen molar-refractivity contribution < 1.29 is 14.3 Å². The standard InChI is InChI=1S/C22H22ClN5O3/c1-3-11-30-21(29)19-14(2)24-22-25-26-27-28(22)20(19)15-8-6-9-17(12-15)31-13-16-7-4-5-10-18(16)23/h4-10,12,20H,3,11,13H2,1-2H3,(H,24,25,27). The van der Waals surface area contributed by atoms with Gasteiger partial charge in [0.25, 0.3) is 0 Å². The van der Waals surface area contributed by atoms with E-state index >= 15 is 0 Å². The van der Waals surface area contributed by atoms with Gasteiger partial charge in [-0.2, -0.15) is 4.68 Å². The number of carbonyl (C=O) groups is 1. The van der Waals surface area contributed by atoms with Crippen LogP contribution in [0.5, 0.6) is 5.75 Å². The Bertz CT molecular complexity index is 1130. The SMILES string of the molecule is CCCOC(=O)C1=C(C)Nc2nnnn2C1c1cccc(OCc2ccccc2Cl)c1. The highest BCUT2D eigenvalue weighted by atomic mass is 35.5. The van der Waals surface area contributed by atoms with Gasteiger partial charge < -0.3 is 14.8 Å². The van der Waals surface area contributed by atoms with Gasteiger partial charge in [0, 0.05) is 16.3 Å². The highest BCUT2D eigenvalue weighted by Gasteiger charge is 2.35. The van der Waals surface area contributed by atoms with Gasteiger partial charge in [-0.25, -0.2) is 4.79 Å². The van der Waals surface area contributed by atoms with E-state index in [0.29, 0.717) is 41.2 Å². The first-order valence-corrected chi connectivity index (χ1v) is 10.3. The van der Waals surface area contributed by atoms with E-state index in [0.717, 1.165) is 17.5 Å². The number of hydrogen-bond acceptors (Lipinski definition) is 7. The first-order valence-electron chi connectivity index (χ1n) is 9.97. The second kappa shape index (κ2) is 9.18. The number of rotatable bonds is 7. The molecule has 1 aliphatic rings. The third-order valence-electron chi connectivity index (χ3n) is 4.90. The second-order valence-corrected chi connectivity index (χ2v) is 7.51. The second-order valence-electron chi connectivity index (χ2n) is 7.10. The van der Waals surface area contributed by atoms with E-state index in [1.165, 1.54) is 0 Å². The van der Waals surface area contributed by atoms with Gasteiger partial charge in [0.1, 0.15) is 18.4 Å². The molecule has 1 aromatic heterocycles. The molecule has 2 aromatic carbocycles. The summed E-state index contributed by atoms with van der Waals surface area (Å²) < 4.78 is 13.0. The number of ether oxygens (including phenoxy) is 2. The molecule has 1 aliphatic heterocycles. The molecule has 8 nitrogen and oxygen atoms in total. The normalized spacial score (nSPS) is 15.3. The molecular formula is C22H22ClN5O3. The molecular weight excluding hydrogens is 418 g/mol. The third kappa shape index (κ3) is 4.39. The number of fused-ring (bicyclic) bond motifs is 1. The highest BCUT2D eigenvalue weighted by Crippen LogP contribution is 2.36. The van der Waals surface area contributed by atoms with Gasteiger partial charge in [-0.05, 0) is 47.5 Å². The Morgan fingerprint density at radius 3 is 2.87 bits per heavy atom. The van der Waals surface area contributed by atoms with Crippen LogP contribution in [0.25, 0.3) is 0 Å². The lowest BCUT2D eigenvalue weighted by Crippen LogP contribution is -2.29. The van der Waals surface area contributed by atoms with E-state index in [1.807, 2.05) is 62.4 Å². The van der Waals surface area contributed by atoms with Crippen molar-refractivity contribution in [2.24, 2.45) is 0 Å². The molecule has 0 aliphatic carbocycles. The van der Waals surface area contributed by atoms with Gasteiger partial charge in [0.05, 0.1) is 12.2 Å². The molecule has 1 unspecified atom stereocenters. The maximum atomic E-state index is 12.9. The first-order chi connectivity index (χ1) is 15.1. The van der Waals surface area contributed by atoms with Crippen molar-refractivity contribution >= 4 is 23.5 Å². The Hall–Kier alpha value is -3.39. The molecule has 1 N–H and O–H groups in total. The number of anilines is 1. The number of benzene rings is 2. The molecule has 9 heteroatoms. The molecule has 160 valence electrons. The Labute approximate surface area is 184 Å². The number of carbonyl (C=O) groups excluding carboxylic acids is 1. The van der Waals surface area contributed by atoms with Gasteiger partial charge in [-0.15, -0.1) is 0 Å². The lowest BCUT2D eigenvalue weighted by Gasteiger charge is -2.27. The molecule has 0 radical (unpaired) electrons. The third-order valence-corrected chi connectivity index (χ3v) is 5.27. The van der Waals surface area contributed by atoms with Crippen LogP contribution in [0.4, 0.5) is 5.95 Å².